The minimum Gasteiger partial charge on any atom is -0.228 e. The van der Waals surface area contributed by atoms with Crippen LogP contribution in [0.5, 0.6) is 0 Å². The number of hydrogen-bond donors (Lipinski definition) is 0. The molecule has 1 heterocycles. The van der Waals surface area contributed by atoms with Crippen molar-refractivity contribution in [2.75, 3.05) is 0 Å². The lowest BCUT2D eigenvalue weighted by Gasteiger charge is -2.35. The van der Waals surface area contributed by atoms with Gasteiger partial charge in [0.1, 0.15) is 0 Å². The maximum absolute atomic E-state index is 5.18. The van der Waals surface area contributed by atoms with Crippen LogP contribution in [0.1, 0.15) is 22.3 Å². The van der Waals surface area contributed by atoms with Gasteiger partial charge in [0.15, 0.2) is 5.82 Å². The summed E-state index contributed by atoms with van der Waals surface area (Å²) >= 11 is 0. The van der Waals surface area contributed by atoms with E-state index in [0.29, 0.717) is 5.82 Å². The van der Waals surface area contributed by atoms with Gasteiger partial charge in [-0.2, -0.15) is 0 Å². The van der Waals surface area contributed by atoms with Gasteiger partial charge < -0.3 is 0 Å². The first-order chi connectivity index (χ1) is 29.3. The zero-order valence-corrected chi connectivity index (χ0v) is 32.3. The van der Waals surface area contributed by atoms with Crippen molar-refractivity contribution >= 4 is 10.8 Å². The largest absolute Gasteiger partial charge is 0.228 e. The number of fused-ring (bicyclic) bond motifs is 4. The van der Waals surface area contributed by atoms with Crippen molar-refractivity contribution in [1.29, 1.82) is 0 Å². The van der Waals surface area contributed by atoms with Gasteiger partial charge in [0.2, 0.25) is 0 Å². The summed E-state index contributed by atoms with van der Waals surface area (Å²) in [6.45, 7) is 0. The fourth-order valence-electron chi connectivity index (χ4n) is 9.41. The molecule has 0 unspecified atom stereocenters. The minimum atomic E-state index is -0.475. The van der Waals surface area contributed by atoms with E-state index < -0.39 is 5.41 Å². The maximum atomic E-state index is 5.18. The lowest BCUT2D eigenvalue weighted by molar-refractivity contribution is 0.770. The van der Waals surface area contributed by atoms with E-state index in [2.05, 4.69) is 206 Å². The van der Waals surface area contributed by atoms with Crippen LogP contribution in [0.15, 0.2) is 231 Å². The van der Waals surface area contributed by atoms with Gasteiger partial charge in [-0.1, -0.05) is 224 Å². The van der Waals surface area contributed by atoms with E-state index in [1.165, 1.54) is 61.0 Å². The molecule has 0 radical (unpaired) electrons. The van der Waals surface area contributed by atoms with Gasteiger partial charge in [0, 0.05) is 16.7 Å². The van der Waals surface area contributed by atoms with E-state index in [1.807, 2.05) is 24.3 Å². The van der Waals surface area contributed by atoms with Gasteiger partial charge in [0.25, 0.3) is 0 Å². The van der Waals surface area contributed by atoms with Crippen molar-refractivity contribution in [1.82, 2.24) is 9.97 Å². The molecular formula is C57H38N2. The highest BCUT2D eigenvalue weighted by Crippen LogP contribution is 2.58. The molecule has 0 saturated heterocycles. The predicted molar refractivity (Wildman–Crippen MR) is 244 cm³/mol. The lowest BCUT2D eigenvalue weighted by Crippen LogP contribution is -2.29. The molecule has 1 aliphatic carbocycles. The van der Waals surface area contributed by atoms with Gasteiger partial charge >= 0.3 is 0 Å². The summed E-state index contributed by atoms with van der Waals surface area (Å²) in [5, 5.41) is 2.34. The predicted octanol–water partition coefficient (Wildman–Crippen LogP) is 14.3. The second-order valence-electron chi connectivity index (χ2n) is 15.2. The van der Waals surface area contributed by atoms with Gasteiger partial charge in [-0.05, 0) is 72.5 Å². The Balaban J connectivity index is 1.05. The first-order valence-corrected chi connectivity index (χ1v) is 20.2. The summed E-state index contributed by atoms with van der Waals surface area (Å²) in [6, 6.07) is 83.0. The molecule has 11 rings (SSSR count). The van der Waals surface area contributed by atoms with Gasteiger partial charge in [-0.15, -0.1) is 0 Å². The number of rotatable bonds is 7. The molecule has 0 fully saturated rings. The zero-order chi connectivity index (χ0) is 39.2. The van der Waals surface area contributed by atoms with Crippen LogP contribution in [0.25, 0.3) is 78.1 Å². The van der Waals surface area contributed by atoms with Crippen molar-refractivity contribution in [3.63, 3.8) is 0 Å². The Morgan fingerprint density at radius 1 is 0.288 bits per heavy atom. The Hall–Kier alpha value is -7.68. The van der Waals surface area contributed by atoms with Crippen LogP contribution in [0.4, 0.5) is 0 Å². The summed E-state index contributed by atoms with van der Waals surface area (Å²) < 4.78 is 0. The molecule has 2 heteroatoms. The zero-order valence-electron chi connectivity index (χ0n) is 32.3. The Labute approximate surface area is 344 Å². The third-order valence-electron chi connectivity index (χ3n) is 12.0. The summed E-state index contributed by atoms with van der Waals surface area (Å²) in [7, 11) is 0. The molecule has 10 aromatic rings. The van der Waals surface area contributed by atoms with Crippen LogP contribution in [0.3, 0.4) is 0 Å². The minimum absolute atomic E-state index is 0.475. The van der Waals surface area contributed by atoms with E-state index in [1.54, 1.807) is 0 Å². The van der Waals surface area contributed by atoms with Crippen LogP contribution < -0.4 is 0 Å². The van der Waals surface area contributed by atoms with Gasteiger partial charge in [-0.3, -0.25) is 0 Å². The van der Waals surface area contributed by atoms with E-state index in [-0.39, 0.29) is 0 Å². The Morgan fingerprint density at radius 3 is 1.42 bits per heavy atom. The highest BCUT2D eigenvalue weighted by atomic mass is 14.9. The first kappa shape index (κ1) is 34.6. The summed E-state index contributed by atoms with van der Waals surface area (Å²) in [5.41, 5.74) is 17.0. The molecule has 0 atom stereocenters. The highest BCUT2D eigenvalue weighted by molar-refractivity contribution is 6.05. The molecular weight excluding hydrogens is 713 g/mol. The van der Waals surface area contributed by atoms with Crippen LogP contribution in [0, 0.1) is 0 Å². The third kappa shape index (κ3) is 5.72. The summed E-state index contributed by atoms with van der Waals surface area (Å²) in [5.74, 6) is 0.713. The standard InChI is InChI=1S/C57H38N2/c1-5-18-41(19-6-1)53-38-54(59-56(58-53)42-20-7-2-8-21-42)50-37-36-45(47-26-13-14-27-48(47)50)39-32-34-40(35-33-39)46-29-17-30-51-49-28-15-16-31-52(49)57(55(46)51,43-22-9-3-10-23-43)44-24-11-4-12-25-44/h1-38H. The molecule has 0 N–H and O–H groups in total. The Kier molecular flexibility index (Phi) is 8.41. The molecule has 0 saturated carbocycles. The van der Waals surface area contributed by atoms with Crippen molar-refractivity contribution in [2.45, 2.75) is 5.41 Å². The molecule has 1 aromatic heterocycles. The molecule has 1 aliphatic rings. The molecule has 9 aromatic carbocycles. The van der Waals surface area contributed by atoms with Gasteiger partial charge in [0.05, 0.1) is 16.8 Å². The van der Waals surface area contributed by atoms with E-state index >= 15 is 0 Å². The number of benzene rings is 9. The van der Waals surface area contributed by atoms with Crippen molar-refractivity contribution < 1.29 is 0 Å². The normalized spacial score (nSPS) is 12.5. The fourth-order valence-corrected chi connectivity index (χ4v) is 9.41. The molecule has 276 valence electrons. The average molecular weight is 751 g/mol. The third-order valence-corrected chi connectivity index (χ3v) is 12.0. The topological polar surface area (TPSA) is 25.8 Å². The Bertz CT molecular complexity index is 3020. The van der Waals surface area contributed by atoms with E-state index in [0.717, 1.165) is 33.5 Å². The molecule has 0 bridgehead atoms. The van der Waals surface area contributed by atoms with Crippen LogP contribution in [-0.2, 0) is 5.41 Å². The van der Waals surface area contributed by atoms with Gasteiger partial charge in [-0.25, -0.2) is 9.97 Å². The van der Waals surface area contributed by atoms with E-state index in [9.17, 15) is 0 Å². The molecule has 59 heavy (non-hydrogen) atoms. The monoisotopic (exact) mass is 750 g/mol. The quantitative estimate of drug-likeness (QED) is 0.162. The van der Waals surface area contributed by atoms with Crippen molar-refractivity contribution in [3.8, 4) is 67.3 Å². The smallest absolute Gasteiger partial charge is 0.160 e. The molecule has 2 nitrogen and oxygen atoms in total. The van der Waals surface area contributed by atoms with Crippen molar-refractivity contribution in [3.05, 3.63) is 253 Å². The van der Waals surface area contributed by atoms with Crippen LogP contribution in [0.2, 0.25) is 0 Å². The van der Waals surface area contributed by atoms with Crippen LogP contribution >= 0.6 is 0 Å². The second kappa shape index (κ2) is 14.4. The number of aromatic nitrogens is 2. The lowest BCUT2D eigenvalue weighted by atomic mass is 9.66. The van der Waals surface area contributed by atoms with Crippen molar-refractivity contribution in [2.24, 2.45) is 0 Å². The fraction of sp³-hybridized carbons (Fsp3) is 0.0175. The molecule has 0 spiro atoms. The number of nitrogens with zero attached hydrogens (tertiary/aromatic N) is 2. The van der Waals surface area contributed by atoms with E-state index in [4.69, 9.17) is 9.97 Å². The SMILES string of the molecule is c1ccc(-c2cc(-c3ccc(-c4ccc(-c5cccc6c5C(c5ccccc5)(c5ccccc5)c5ccccc5-6)cc4)c4ccccc34)nc(-c3ccccc3)n2)cc1. The molecule has 0 aliphatic heterocycles. The maximum Gasteiger partial charge on any atom is 0.160 e. The molecule has 0 amide bonds. The summed E-state index contributed by atoms with van der Waals surface area (Å²) in [4.78, 5) is 10.2. The number of hydrogen-bond acceptors (Lipinski definition) is 2. The average Bonchev–Trinajstić information content (AvgIpc) is 3.64. The second-order valence-corrected chi connectivity index (χ2v) is 15.2. The first-order valence-electron chi connectivity index (χ1n) is 20.2. The Morgan fingerprint density at radius 2 is 0.763 bits per heavy atom. The highest BCUT2D eigenvalue weighted by Gasteiger charge is 2.47. The summed E-state index contributed by atoms with van der Waals surface area (Å²) in [6.07, 6.45) is 0. The van der Waals surface area contributed by atoms with Crippen LogP contribution in [-0.4, -0.2) is 9.97 Å².